The Balaban J connectivity index is 1.58. The maximum Gasteiger partial charge on any atom is 0.282 e. The molecule has 0 atom stereocenters. The highest BCUT2D eigenvalue weighted by Gasteiger charge is 2.35. The Morgan fingerprint density at radius 1 is 0.968 bits per heavy atom. The molecule has 1 amide bonds. The van der Waals surface area contributed by atoms with E-state index in [1.165, 1.54) is 0 Å². The minimum Gasteiger partial charge on any atom is -0.462 e. The van der Waals surface area contributed by atoms with Gasteiger partial charge in [-0.05, 0) is 37.6 Å². The molecular formula is C26H21N3O2. The molecule has 5 rings (SSSR count). The van der Waals surface area contributed by atoms with Crippen LogP contribution in [-0.2, 0) is 11.2 Å². The van der Waals surface area contributed by atoms with Crippen LogP contribution in [0.4, 0.5) is 0 Å². The molecule has 0 unspecified atom stereocenters. The fourth-order valence-corrected chi connectivity index (χ4v) is 3.72. The van der Waals surface area contributed by atoms with Gasteiger partial charge in [-0.15, -0.1) is 0 Å². The minimum atomic E-state index is -0.185. The molecule has 5 heteroatoms. The third-order valence-corrected chi connectivity index (χ3v) is 5.23. The van der Waals surface area contributed by atoms with Crippen molar-refractivity contribution in [3.8, 4) is 0 Å². The molecule has 2 aliphatic rings. The number of carbonyl (C=O) groups is 1. The number of aryl methyl sites for hydroxylation is 2. The van der Waals surface area contributed by atoms with Crippen LogP contribution in [-0.4, -0.2) is 22.4 Å². The van der Waals surface area contributed by atoms with Crippen molar-refractivity contribution >= 4 is 29.2 Å². The van der Waals surface area contributed by atoms with Crippen LogP contribution in [0.25, 0.3) is 11.8 Å². The van der Waals surface area contributed by atoms with Gasteiger partial charge < -0.3 is 4.42 Å². The van der Waals surface area contributed by atoms with Crippen LogP contribution in [0.5, 0.6) is 0 Å². The smallest absolute Gasteiger partial charge is 0.282 e. The topological polar surface area (TPSA) is 58.2 Å². The quantitative estimate of drug-likeness (QED) is 0.560. The van der Waals surface area contributed by atoms with Crippen LogP contribution in [0.3, 0.4) is 0 Å². The van der Waals surface area contributed by atoms with E-state index in [0.29, 0.717) is 23.7 Å². The number of hydrogen-bond donors (Lipinski definition) is 0. The fraction of sp³-hybridized carbons (Fsp3) is 0.115. The standard InChI is InChI=1S/C26H21N3O2/c1-17-7-6-10-20(13-17)24-16-29-25(22(27-24)14-19-8-4-3-5-9-19)28-23(26(29)30)15-21-12-11-18(2)31-21/h3-13,15-16H,14H2,1-2H3/b23-15-. The average molecular weight is 407 g/mol. The third kappa shape index (κ3) is 3.78. The van der Waals surface area contributed by atoms with Gasteiger partial charge in [0.25, 0.3) is 5.91 Å². The average Bonchev–Trinajstić information content (AvgIpc) is 3.32. The van der Waals surface area contributed by atoms with Crippen LogP contribution in [0.15, 0.2) is 93.0 Å². The molecule has 2 aromatic carbocycles. The summed E-state index contributed by atoms with van der Waals surface area (Å²) in [4.78, 5) is 24.3. The molecule has 152 valence electrons. The zero-order chi connectivity index (χ0) is 21.4. The summed E-state index contributed by atoms with van der Waals surface area (Å²) in [6.07, 6.45) is 4.04. The van der Waals surface area contributed by atoms with Crippen molar-refractivity contribution in [1.82, 2.24) is 4.90 Å². The predicted octanol–water partition coefficient (Wildman–Crippen LogP) is 5.17. The molecule has 31 heavy (non-hydrogen) atoms. The van der Waals surface area contributed by atoms with Gasteiger partial charge in [0, 0.05) is 24.3 Å². The molecular weight excluding hydrogens is 386 g/mol. The van der Waals surface area contributed by atoms with Gasteiger partial charge in [0.1, 0.15) is 17.2 Å². The molecule has 2 aliphatic heterocycles. The summed E-state index contributed by atoms with van der Waals surface area (Å²) < 4.78 is 5.61. The molecule has 0 N–H and O–H groups in total. The first-order valence-corrected chi connectivity index (χ1v) is 10.2. The molecule has 3 aromatic rings. The zero-order valence-corrected chi connectivity index (χ0v) is 17.4. The number of fused-ring (bicyclic) bond motifs is 1. The van der Waals surface area contributed by atoms with Crippen molar-refractivity contribution in [2.75, 3.05) is 0 Å². The monoisotopic (exact) mass is 407 g/mol. The lowest BCUT2D eigenvalue weighted by Gasteiger charge is -2.22. The van der Waals surface area contributed by atoms with Gasteiger partial charge in [0.05, 0.1) is 11.4 Å². The van der Waals surface area contributed by atoms with Crippen LogP contribution in [0, 0.1) is 13.8 Å². The summed E-state index contributed by atoms with van der Waals surface area (Å²) in [5, 5.41) is 0. The summed E-state index contributed by atoms with van der Waals surface area (Å²) in [7, 11) is 0. The van der Waals surface area contributed by atoms with Crippen molar-refractivity contribution in [1.29, 1.82) is 0 Å². The highest BCUT2D eigenvalue weighted by Crippen LogP contribution is 2.29. The summed E-state index contributed by atoms with van der Waals surface area (Å²) in [5.74, 6) is 1.78. The Kier molecular flexibility index (Phi) is 4.71. The predicted molar refractivity (Wildman–Crippen MR) is 122 cm³/mol. The van der Waals surface area contributed by atoms with Crippen molar-refractivity contribution < 1.29 is 9.21 Å². The van der Waals surface area contributed by atoms with E-state index in [-0.39, 0.29) is 5.91 Å². The molecule has 0 saturated heterocycles. The highest BCUT2D eigenvalue weighted by atomic mass is 16.3. The van der Waals surface area contributed by atoms with Crippen molar-refractivity contribution in [3.63, 3.8) is 0 Å². The summed E-state index contributed by atoms with van der Waals surface area (Å²) in [5.41, 5.74) is 5.07. The zero-order valence-electron chi connectivity index (χ0n) is 17.4. The van der Waals surface area contributed by atoms with E-state index < -0.39 is 0 Å². The number of furan rings is 1. The molecule has 0 bridgehead atoms. The molecule has 1 aromatic heterocycles. The van der Waals surface area contributed by atoms with E-state index in [2.05, 4.69) is 23.2 Å². The van der Waals surface area contributed by atoms with E-state index in [9.17, 15) is 4.79 Å². The van der Waals surface area contributed by atoms with Gasteiger partial charge in [-0.1, -0.05) is 54.1 Å². The third-order valence-electron chi connectivity index (χ3n) is 5.23. The molecule has 5 nitrogen and oxygen atoms in total. The second-order valence-electron chi connectivity index (χ2n) is 7.69. The van der Waals surface area contributed by atoms with E-state index in [0.717, 1.165) is 33.9 Å². The second-order valence-corrected chi connectivity index (χ2v) is 7.69. The Morgan fingerprint density at radius 2 is 1.81 bits per heavy atom. The lowest BCUT2D eigenvalue weighted by atomic mass is 10.0. The van der Waals surface area contributed by atoms with E-state index in [1.807, 2.05) is 62.4 Å². The largest absolute Gasteiger partial charge is 0.462 e. The van der Waals surface area contributed by atoms with Crippen LogP contribution < -0.4 is 0 Å². The molecule has 0 spiro atoms. The SMILES string of the molecule is Cc1cccc(C2=CN3C(=O)/C(=C/c4ccc(C)o4)N=C3C(Cc3ccccc3)=N2)c1. The Hall–Kier alpha value is -3.99. The number of nitrogens with zero attached hydrogens (tertiary/aromatic N) is 3. The Labute approximate surface area is 180 Å². The maximum absolute atomic E-state index is 13.2. The van der Waals surface area contributed by atoms with Crippen LogP contribution in [0.1, 0.15) is 28.2 Å². The number of amides is 1. The Morgan fingerprint density at radius 3 is 2.55 bits per heavy atom. The molecule has 0 radical (unpaired) electrons. The Bertz CT molecular complexity index is 1290. The molecule has 0 fully saturated rings. The molecule has 0 saturated carbocycles. The first-order valence-electron chi connectivity index (χ1n) is 10.2. The second kappa shape index (κ2) is 7.69. The van der Waals surface area contributed by atoms with Crippen molar-refractivity contribution in [3.05, 3.63) is 107 Å². The maximum atomic E-state index is 13.2. The van der Waals surface area contributed by atoms with E-state index in [4.69, 9.17) is 9.41 Å². The first-order chi connectivity index (χ1) is 15.1. The lowest BCUT2D eigenvalue weighted by Crippen LogP contribution is -2.36. The number of carbonyl (C=O) groups excluding carboxylic acids is 1. The van der Waals surface area contributed by atoms with Gasteiger partial charge in [-0.2, -0.15) is 0 Å². The number of benzene rings is 2. The van der Waals surface area contributed by atoms with Crippen molar-refractivity contribution in [2.45, 2.75) is 20.3 Å². The number of aliphatic imine (C=N–C) groups is 2. The normalized spacial score (nSPS) is 16.8. The van der Waals surface area contributed by atoms with Gasteiger partial charge in [-0.3, -0.25) is 9.69 Å². The first kappa shape index (κ1) is 19.0. The van der Waals surface area contributed by atoms with Gasteiger partial charge in [-0.25, -0.2) is 9.98 Å². The summed E-state index contributed by atoms with van der Waals surface area (Å²) in [6, 6.07) is 21.9. The van der Waals surface area contributed by atoms with Gasteiger partial charge in [0.15, 0.2) is 5.84 Å². The highest BCUT2D eigenvalue weighted by molar-refractivity contribution is 6.48. The van der Waals surface area contributed by atoms with Crippen LogP contribution in [0.2, 0.25) is 0 Å². The van der Waals surface area contributed by atoms with Crippen molar-refractivity contribution in [2.24, 2.45) is 9.98 Å². The lowest BCUT2D eigenvalue weighted by molar-refractivity contribution is -0.120. The van der Waals surface area contributed by atoms with E-state index in [1.54, 1.807) is 17.2 Å². The van der Waals surface area contributed by atoms with Crippen LogP contribution >= 0.6 is 0 Å². The molecule has 0 aliphatic carbocycles. The van der Waals surface area contributed by atoms with E-state index >= 15 is 0 Å². The number of rotatable bonds is 4. The minimum absolute atomic E-state index is 0.185. The fourth-order valence-electron chi connectivity index (χ4n) is 3.72. The number of amidine groups is 1. The molecule has 3 heterocycles. The summed E-state index contributed by atoms with van der Waals surface area (Å²) >= 11 is 0. The van der Waals surface area contributed by atoms with Gasteiger partial charge in [0.2, 0.25) is 0 Å². The number of hydrogen-bond acceptors (Lipinski definition) is 4. The van der Waals surface area contributed by atoms with Gasteiger partial charge >= 0.3 is 0 Å². The summed E-state index contributed by atoms with van der Waals surface area (Å²) in [6.45, 7) is 3.91.